The Kier molecular flexibility index (Phi) is 5.24. The van der Waals surface area contributed by atoms with Crippen LogP contribution in [-0.2, 0) is 14.8 Å². The minimum atomic E-state index is -3.46. The van der Waals surface area contributed by atoms with E-state index in [-0.39, 0.29) is 17.9 Å². The molecule has 1 aromatic carbocycles. The van der Waals surface area contributed by atoms with Gasteiger partial charge in [0.15, 0.2) is 0 Å². The van der Waals surface area contributed by atoms with Crippen LogP contribution in [-0.4, -0.2) is 37.8 Å². The SMILES string of the molecule is Cc1cccc(S(=O)(=O)N2CCC(C(=O)NC(C)C)CC2)c1. The molecule has 1 N–H and O–H groups in total. The normalized spacial score (nSPS) is 17.6. The molecule has 0 saturated carbocycles. The van der Waals surface area contributed by atoms with E-state index in [4.69, 9.17) is 0 Å². The van der Waals surface area contributed by atoms with Gasteiger partial charge in [0.2, 0.25) is 15.9 Å². The lowest BCUT2D eigenvalue weighted by Gasteiger charge is -2.31. The maximum Gasteiger partial charge on any atom is 0.243 e. The Balaban J connectivity index is 2.03. The number of hydrogen-bond acceptors (Lipinski definition) is 3. The average Bonchev–Trinajstić information content (AvgIpc) is 2.46. The Bertz CT molecular complexity index is 633. The van der Waals surface area contributed by atoms with E-state index >= 15 is 0 Å². The van der Waals surface area contributed by atoms with Crippen LogP contribution in [0.1, 0.15) is 32.3 Å². The second-order valence-electron chi connectivity index (χ2n) is 6.16. The molecule has 0 radical (unpaired) electrons. The van der Waals surface area contributed by atoms with Crippen LogP contribution >= 0.6 is 0 Å². The van der Waals surface area contributed by atoms with Crippen molar-refractivity contribution in [1.82, 2.24) is 9.62 Å². The van der Waals surface area contributed by atoms with Gasteiger partial charge in [0, 0.05) is 25.0 Å². The van der Waals surface area contributed by atoms with Gasteiger partial charge in [0.1, 0.15) is 0 Å². The molecule has 1 fully saturated rings. The molecule has 6 heteroatoms. The molecular formula is C16H24N2O3S. The minimum absolute atomic E-state index is 0.0302. The molecule has 5 nitrogen and oxygen atoms in total. The topological polar surface area (TPSA) is 66.5 Å². The van der Waals surface area contributed by atoms with E-state index in [2.05, 4.69) is 5.32 Å². The van der Waals surface area contributed by atoms with E-state index in [9.17, 15) is 13.2 Å². The van der Waals surface area contributed by atoms with Crippen molar-refractivity contribution in [3.8, 4) is 0 Å². The summed E-state index contributed by atoms with van der Waals surface area (Å²) in [7, 11) is -3.46. The lowest BCUT2D eigenvalue weighted by molar-refractivity contribution is -0.126. The molecule has 0 atom stereocenters. The number of aryl methyl sites for hydroxylation is 1. The molecule has 0 aliphatic carbocycles. The van der Waals surface area contributed by atoms with Crippen molar-refractivity contribution in [2.45, 2.75) is 44.6 Å². The monoisotopic (exact) mass is 324 g/mol. The van der Waals surface area contributed by atoms with Crippen molar-refractivity contribution in [2.75, 3.05) is 13.1 Å². The number of hydrogen-bond donors (Lipinski definition) is 1. The van der Waals surface area contributed by atoms with E-state index in [0.29, 0.717) is 30.8 Å². The highest BCUT2D eigenvalue weighted by Crippen LogP contribution is 2.24. The van der Waals surface area contributed by atoms with Crippen LogP contribution in [0.4, 0.5) is 0 Å². The second kappa shape index (κ2) is 6.79. The summed E-state index contributed by atoms with van der Waals surface area (Å²) in [6, 6.07) is 7.06. The molecule has 1 saturated heterocycles. The fourth-order valence-corrected chi connectivity index (χ4v) is 4.26. The highest BCUT2D eigenvalue weighted by molar-refractivity contribution is 7.89. The van der Waals surface area contributed by atoms with E-state index < -0.39 is 10.0 Å². The first-order chi connectivity index (χ1) is 10.3. The quantitative estimate of drug-likeness (QED) is 0.920. The largest absolute Gasteiger partial charge is 0.354 e. The smallest absolute Gasteiger partial charge is 0.243 e. The molecule has 1 amide bonds. The average molecular weight is 324 g/mol. The Morgan fingerprint density at radius 2 is 1.91 bits per heavy atom. The first-order valence-electron chi connectivity index (χ1n) is 7.68. The van der Waals surface area contributed by atoms with Crippen molar-refractivity contribution in [2.24, 2.45) is 5.92 Å². The molecule has 1 aliphatic heterocycles. The molecule has 1 heterocycles. The summed E-state index contributed by atoms with van der Waals surface area (Å²) in [5.41, 5.74) is 0.923. The van der Waals surface area contributed by atoms with Gasteiger partial charge in [-0.2, -0.15) is 4.31 Å². The lowest BCUT2D eigenvalue weighted by Crippen LogP contribution is -2.44. The van der Waals surface area contributed by atoms with Gasteiger partial charge in [-0.15, -0.1) is 0 Å². The molecule has 2 rings (SSSR count). The van der Waals surface area contributed by atoms with Gasteiger partial charge in [0.25, 0.3) is 0 Å². The molecule has 0 aromatic heterocycles. The third kappa shape index (κ3) is 3.87. The molecule has 0 spiro atoms. The van der Waals surface area contributed by atoms with E-state index in [0.717, 1.165) is 5.56 Å². The third-order valence-electron chi connectivity index (χ3n) is 3.88. The first-order valence-corrected chi connectivity index (χ1v) is 9.12. The molecule has 1 aliphatic rings. The van der Waals surface area contributed by atoms with Crippen LogP contribution in [0.3, 0.4) is 0 Å². The predicted molar refractivity (Wildman–Crippen MR) is 85.9 cm³/mol. The summed E-state index contributed by atoms with van der Waals surface area (Å²) in [4.78, 5) is 12.3. The summed E-state index contributed by atoms with van der Waals surface area (Å²) in [6.45, 7) is 6.52. The van der Waals surface area contributed by atoms with Gasteiger partial charge in [0.05, 0.1) is 4.90 Å². The molecule has 122 valence electrons. The zero-order valence-electron chi connectivity index (χ0n) is 13.4. The highest BCUT2D eigenvalue weighted by atomic mass is 32.2. The Morgan fingerprint density at radius 3 is 2.45 bits per heavy atom. The standard InChI is InChI=1S/C16H24N2O3S/c1-12(2)17-16(19)14-7-9-18(10-8-14)22(20,21)15-6-4-5-13(3)11-15/h4-6,11-12,14H,7-10H2,1-3H3,(H,17,19). The van der Waals surface area contributed by atoms with Crippen molar-refractivity contribution in [3.63, 3.8) is 0 Å². The number of benzene rings is 1. The molecule has 0 unspecified atom stereocenters. The predicted octanol–water partition coefficient (Wildman–Crippen LogP) is 1.92. The zero-order chi connectivity index (χ0) is 16.3. The van der Waals surface area contributed by atoms with Crippen LogP contribution in [0, 0.1) is 12.8 Å². The van der Waals surface area contributed by atoms with Crippen LogP contribution in [0.15, 0.2) is 29.2 Å². The first kappa shape index (κ1) is 17.0. The lowest BCUT2D eigenvalue weighted by atomic mass is 9.97. The number of nitrogens with one attached hydrogen (secondary N) is 1. The number of sulfonamides is 1. The number of rotatable bonds is 4. The molecular weight excluding hydrogens is 300 g/mol. The second-order valence-corrected chi connectivity index (χ2v) is 8.10. The maximum atomic E-state index is 12.6. The van der Waals surface area contributed by atoms with Crippen molar-refractivity contribution >= 4 is 15.9 Å². The zero-order valence-corrected chi connectivity index (χ0v) is 14.2. The van der Waals surface area contributed by atoms with Crippen molar-refractivity contribution in [1.29, 1.82) is 0 Å². The number of piperidine rings is 1. The van der Waals surface area contributed by atoms with Gasteiger partial charge >= 0.3 is 0 Å². The number of carbonyl (C=O) groups excluding carboxylic acids is 1. The molecule has 22 heavy (non-hydrogen) atoms. The fraction of sp³-hybridized carbons (Fsp3) is 0.562. The Labute approximate surface area is 132 Å². The molecule has 0 bridgehead atoms. The Hall–Kier alpha value is -1.40. The number of nitrogens with zero attached hydrogens (tertiary/aromatic N) is 1. The van der Waals surface area contributed by atoms with E-state index in [1.165, 1.54) is 4.31 Å². The van der Waals surface area contributed by atoms with Gasteiger partial charge in [-0.05, 0) is 51.3 Å². The number of amides is 1. The summed E-state index contributed by atoms with van der Waals surface area (Å²) in [6.07, 6.45) is 1.15. The fourth-order valence-electron chi connectivity index (χ4n) is 2.69. The van der Waals surface area contributed by atoms with Crippen molar-refractivity contribution in [3.05, 3.63) is 29.8 Å². The third-order valence-corrected chi connectivity index (χ3v) is 5.78. The highest BCUT2D eigenvalue weighted by Gasteiger charge is 2.32. The Morgan fingerprint density at radius 1 is 1.27 bits per heavy atom. The van der Waals surface area contributed by atoms with Crippen molar-refractivity contribution < 1.29 is 13.2 Å². The molecule has 1 aromatic rings. The summed E-state index contributed by atoms with van der Waals surface area (Å²) >= 11 is 0. The maximum absolute atomic E-state index is 12.6. The van der Waals surface area contributed by atoms with Gasteiger partial charge < -0.3 is 5.32 Å². The van der Waals surface area contributed by atoms with Gasteiger partial charge in [-0.3, -0.25) is 4.79 Å². The summed E-state index contributed by atoms with van der Waals surface area (Å²) < 4.78 is 26.7. The number of carbonyl (C=O) groups is 1. The van der Waals surface area contributed by atoms with Crippen LogP contribution < -0.4 is 5.32 Å². The van der Waals surface area contributed by atoms with Crippen LogP contribution in [0.25, 0.3) is 0 Å². The summed E-state index contributed by atoms with van der Waals surface area (Å²) in [5.74, 6) is -0.0611. The van der Waals surface area contributed by atoms with Gasteiger partial charge in [-0.25, -0.2) is 8.42 Å². The minimum Gasteiger partial charge on any atom is -0.354 e. The van der Waals surface area contributed by atoms with E-state index in [1.807, 2.05) is 26.8 Å². The summed E-state index contributed by atoms with van der Waals surface area (Å²) in [5, 5.41) is 2.90. The van der Waals surface area contributed by atoms with E-state index in [1.54, 1.807) is 18.2 Å². The van der Waals surface area contributed by atoms with Gasteiger partial charge in [-0.1, -0.05) is 12.1 Å². The van der Waals surface area contributed by atoms with Crippen LogP contribution in [0.2, 0.25) is 0 Å². The van der Waals surface area contributed by atoms with Crippen LogP contribution in [0.5, 0.6) is 0 Å².